The highest BCUT2D eigenvalue weighted by Crippen LogP contribution is 2.32. The van der Waals surface area contributed by atoms with Crippen LogP contribution in [0.15, 0.2) is 42.5 Å². The van der Waals surface area contributed by atoms with Crippen molar-refractivity contribution >= 4 is 32.6 Å². The topological polar surface area (TPSA) is 45.7 Å². The van der Waals surface area contributed by atoms with Crippen LogP contribution >= 0.6 is 11.3 Å². The molecule has 0 saturated heterocycles. The molecule has 0 aliphatic heterocycles. The van der Waals surface area contributed by atoms with Crippen LogP contribution in [-0.2, 0) is 11.2 Å². The molecule has 7 heteroatoms. The summed E-state index contributed by atoms with van der Waals surface area (Å²) in [6.07, 6.45) is 0.202. The Kier molecular flexibility index (Phi) is 6.59. The number of benzene rings is 2. The van der Waals surface area contributed by atoms with Crippen molar-refractivity contribution in [1.29, 1.82) is 0 Å². The molecule has 2 aromatic carbocycles. The van der Waals surface area contributed by atoms with Gasteiger partial charge in [-0.15, -0.1) is 0 Å². The molecular weight excluding hydrogens is 377 g/mol. The average Bonchev–Trinajstić information content (AvgIpc) is 3.06. The summed E-state index contributed by atoms with van der Waals surface area (Å²) in [6, 6.07) is 11.8. The Morgan fingerprint density at radius 2 is 1.89 bits per heavy atom. The maximum atomic E-state index is 13.1. The van der Waals surface area contributed by atoms with Gasteiger partial charge in [0, 0.05) is 13.1 Å². The molecule has 1 amide bonds. The lowest BCUT2D eigenvalue weighted by atomic mass is 10.1. The fraction of sp³-hybridized carbons (Fsp3) is 0.333. The first-order valence-corrected chi connectivity index (χ1v) is 10.0. The van der Waals surface area contributed by atoms with E-state index < -0.39 is 0 Å². The van der Waals surface area contributed by atoms with E-state index in [2.05, 4.69) is 4.98 Å². The number of likely N-dealkylation sites (N-methyl/N-ethyl adjacent to an activating group) is 1. The van der Waals surface area contributed by atoms with Gasteiger partial charge in [-0.1, -0.05) is 23.5 Å². The number of thiazole rings is 1. The van der Waals surface area contributed by atoms with Crippen LogP contribution in [-0.4, -0.2) is 49.6 Å². The summed E-state index contributed by atoms with van der Waals surface area (Å²) in [6.45, 7) is 3.79. The number of ether oxygens (including phenoxy) is 1. The predicted octanol–water partition coefficient (Wildman–Crippen LogP) is 3.97. The molecule has 0 fully saturated rings. The highest BCUT2D eigenvalue weighted by atomic mass is 32.1. The zero-order valence-electron chi connectivity index (χ0n) is 16.3. The van der Waals surface area contributed by atoms with Crippen molar-refractivity contribution in [1.82, 2.24) is 9.88 Å². The van der Waals surface area contributed by atoms with E-state index in [0.717, 1.165) is 28.1 Å². The minimum absolute atomic E-state index is 0.0578. The highest BCUT2D eigenvalue weighted by Gasteiger charge is 2.20. The standard InChI is InChI=1S/C21H24FN3O2S/c1-4-27-17-9-10-18-19(14-17)28-21(23-18)25(12-11-24(2)3)20(26)13-15-5-7-16(22)8-6-15/h5-10,14H,4,11-13H2,1-3H3. The van der Waals surface area contributed by atoms with Gasteiger partial charge in [0.25, 0.3) is 0 Å². The Morgan fingerprint density at radius 3 is 2.57 bits per heavy atom. The van der Waals surface area contributed by atoms with Crippen LogP contribution in [0.4, 0.5) is 9.52 Å². The maximum Gasteiger partial charge on any atom is 0.233 e. The predicted molar refractivity (Wildman–Crippen MR) is 112 cm³/mol. The van der Waals surface area contributed by atoms with Gasteiger partial charge in [0.05, 0.1) is 23.2 Å². The summed E-state index contributed by atoms with van der Waals surface area (Å²) in [5.41, 5.74) is 1.62. The fourth-order valence-corrected chi connectivity index (χ4v) is 3.80. The molecule has 0 saturated carbocycles. The normalized spacial score (nSPS) is 11.2. The van der Waals surface area contributed by atoms with Gasteiger partial charge in [-0.2, -0.15) is 0 Å². The molecule has 0 bridgehead atoms. The van der Waals surface area contributed by atoms with Crippen molar-refractivity contribution in [2.75, 3.05) is 38.7 Å². The smallest absolute Gasteiger partial charge is 0.233 e. The lowest BCUT2D eigenvalue weighted by Crippen LogP contribution is -2.37. The first kappa shape index (κ1) is 20.2. The number of hydrogen-bond acceptors (Lipinski definition) is 5. The number of carbonyl (C=O) groups is 1. The third kappa shape index (κ3) is 5.05. The molecule has 1 heterocycles. The van der Waals surface area contributed by atoms with Crippen molar-refractivity contribution in [3.8, 4) is 5.75 Å². The van der Waals surface area contributed by atoms with Gasteiger partial charge in [0.15, 0.2) is 5.13 Å². The van der Waals surface area contributed by atoms with E-state index in [1.54, 1.807) is 17.0 Å². The second kappa shape index (κ2) is 9.12. The number of aromatic nitrogens is 1. The zero-order valence-corrected chi connectivity index (χ0v) is 17.1. The van der Waals surface area contributed by atoms with Gasteiger partial charge in [-0.25, -0.2) is 9.37 Å². The number of rotatable bonds is 8. The van der Waals surface area contributed by atoms with Crippen molar-refractivity contribution in [2.24, 2.45) is 0 Å². The highest BCUT2D eigenvalue weighted by molar-refractivity contribution is 7.22. The molecule has 0 N–H and O–H groups in total. The number of amides is 1. The molecule has 0 spiro atoms. The number of hydrogen-bond donors (Lipinski definition) is 0. The molecule has 1 aromatic heterocycles. The van der Waals surface area contributed by atoms with Gasteiger partial charge in [0.2, 0.25) is 5.91 Å². The first-order valence-electron chi connectivity index (χ1n) is 9.19. The molecular formula is C21H24FN3O2S. The van der Waals surface area contributed by atoms with Crippen molar-refractivity contribution in [3.05, 3.63) is 53.8 Å². The monoisotopic (exact) mass is 401 g/mol. The molecule has 3 rings (SSSR count). The van der Waals surface area contributed by atoms with E-state index in [-0.39, 0.29) is 18.1 Å². The molecule has 0 aliphatic carbocycles. The molecule has 0 aliphatic rings. The van der Waals surface area contributed by atoms with Crippen LogP contribution in [0.3, 0.4) is 0 Å². The van der Waals surface area contributed by atoms with Gasteiger partial charge in [0.1, 0.15) is 11.6 Å². The molecule has 0 unspecified atom stereocenters. The van der Waals surface area contributed by atoms with Crippen LogP contribution in [0.5, 0.6) is 5.75 Å². The Hall–Kier alpha value is -2.51. The van der Waals surface area contributed by atoms with Crippen molar-refractivity contribution in [3.63, 3.8) is 0 Å². The average molecular weight is 402 g/mol. The summed E-state index contributed by atoms with van der Waals surface area (Å²) in [5, 5.41) is 0.664. The molecule has 0 atom stereocenters. The molecule has 148 valence electrons. The first-order chi connectivity index (χ1) is 13.5. The second-order valence-electron chi connectivity index (χ2n) is 6.71. The molecule has 0 radical (unpaired) electrons. The van der Waals surface area contributed by atoms with Crippen LogP contribution in [0.25, 0.3) is 10.2 Å². The van der Waals surface area contributed by atoms with E-state index in [4.69, 9.17) is 4.74 Å². The number of anilines is 1. The second-order valence-corrected chi connectivity index (χ2v) is 7.72. The van der Waals surface area contributed by atoms with Gasteiger partial charge in [-0.3, -0.25) is 9.69 Å². The minimum Gasteiger partial charge on any atom is -0.494 e. The summed E-state index contributed by atoms with van der Waals surface area (Å²) >= 11 is 1.47. The largest absolute Gasteiger partial charge is 0.494 e. The Labute approximate surface area is 168 Å². The quantitative estimate of drug-likeness (QED) is 0.573. The molecule has 28 heavy (non-hydrogen) atoms. The lowest BCUT2D eigenvalue weighted by Gasteiger charge is -2.22. The third-order valence-electron chi connectivity index (χ3n) is 4.23. The number of fused-ring (bicyclic) bond motifs is 1. The lowest BCUT2D eigenvalue weighted by molar-refractivity contribution is -0.118. The van der Waals surface area contributed by atoms with Crippen LogP contribution in [0.1, 0.15) is 12.5 Å². The van der Waals surface area contributed by atoms with Gasteiger partial charge in [-0.05, 0) is 56.9 Å². The molecule has 5 nitrogen and oxygen atoms in total. The summed E-state index contributed by atoms with van der Waals surface area (Å²) in [4.78, 5) is 21.4. The van der Waals surface area contributed by atoms with Crippen LogP contribution in [0, 0.1) is 5.82 Å². The SMILES string of the molecule is CCOc1ccc2nc(N(CCN(C)C)C(=O)Cc3ccc(F)cc3)sc2c1. The third-order valence-corrected chi connectivity index (χ3v) is 5.27. The molecule has 3 aromatic rings. The summed E-state index contributed by atoms with van der Waals surface area (Å²) in [5.74, 6) is 0.428. The zero-order chi connectivity index (χ0) is 20.1. The Bertz CT molecular complexity index is 940. The fourth-order valence-electron chi connectivity index (χ4n) is 2.76. The van der Waals surface area contributed by atoms with Gasteiger partial charge >= 0.3 is 0 Å². The van der Waals surface area contributed by atoms with Crippen molar-refractivity contribution in [2.45, 2.75) is 13.3 Å². The van der Waals surface area contributed by atoms with E-state index >= 15 is 0 Å². The van der Waals surface area contributed by atoms with E-state index in [1.165, 1.54) is 23.5 Å². The number of nitrogens with zero attached hydrogens (tertiary/aromatic N) is 3. The number of carbonyl (C=O) groups excluding carboxylic acids is 1. The minimum atomic E-state index is -0.308. The van der Waals surface area contributed by atoms with Crippen LogP contribution < -0.4 is 9.64 Å². The van der Waals surface area contributed by atoms with E-state index in [0.29, 0.717) is 18.3 Å². The maximum absolute atomic E-state index is 13.1. The number of halogens is 1. The van der Waals surface area contributed by atoms with Crippen molar-refractivity contribution < 1.29 is 13.9 Å². The Morgan fingerprint density at radius 1 is 1.14 bits per heavy atom. The van der Waals surface area contributed by atoms with E-state index in [9.17, 15) is 9.18 Å². The van der Waals surface area contributed by atoms with Gasteiger partial charge < -0.3 is 9.64 Å². The summed E-state index contributed by atoms with van der Waals surface area (Å²) in [7, 11) is 3.94. The summed E-state index contributed by atoms with van der Waals surface area (Å²) < 4.78 is 19.7. The van der Waals surface area contributed by atoms with Crippen LogP contribution in [0.2, 0.25) is 0 Å². The Balaban J connectivity index is 1.86. The van der Waals surface area contributed by atoms with E-state index in [1.807, 2.05) is 44.1 Å².